The van der Waals surface area contributed by atoms with Gasteiger partial charge in [-0.2, -0.15) is 5.10 Å². The first kappa shape index (κ1) is 14.3. The molecule has 3 nitrogen and oxygen atoms in total. The highest BCUT2D eigenvalue weighted by Crippen LogP contribution is 2.32. The molecular weight excluding hydrogens is 284 g/mol. The number of halogens is 1. The molecule has 2 aromatic rings. The normalized spacial score (nSPS) is 16.6. The van der Waals surface area contributed by atoms with Gasteiger partial charge >= 0.3 is 0 Å². The summed E-state index contributed by atoms with van der Waals surface area (Å²) in [6.45, 7) is 0. The van der Waals surface area contributed by atoms with Crippen LogP contribution in [0, 0.1) is 0 Å². The number of carbonyl (C=O) groups excluding carboxylic acids is 1. The molecule has 1 fully saturated rings. The molecule has 0 amide bonds. The molecule has 1 heterocycles. The Morgan fingerprint density at radius 1 is 1.10 bits per heavy atom. The Labute approximate surface area is 129 Å². The molecule has 1 aromatic carbocycles. The molecule has 3 rings (SSSR count). The van der Waals surface area contributed by atoms with Crippen molar-refractivity contribution in [1.82, 2.24) is 9.78 Å². The van der Waals surface area contributed by atoms with E-state index in [9.17, 15) is 4.79 Å². The van der Waals surface area contributed by atoms with E-state index < -0.39 is 0 Å². The number of aromatic nitrogens is 2. The molecule has 0 unspecified atom stereocenters. The molecule has 0 bridgehead atoms. The van der Waals surface area contributed by atoms with Crippen LogP contribution in [0.2, 0.25) is 5.02 Å². The van der Waals surface area contributed by atoms with Gasteiger partial charge in [-0.1, -0.05) is 37.3 Å². The maximum absolute atomic E-state index is 11.4. The molecule has 1 saturated carbocycles. The predicted molar refractivity (Wildman–Crippen MR) is 84.4 cm³/mol. The Bertz CT molecular complexity index is 610. The minimum atomic E-state index is 0.418. The minimum Gasteiger partial charge on any atom is -0.298 e. The first-order valence-corrected chi connectivity index (χ1v) is 7.96. The third-order valence-electron chi connectivity index (χ3n) is 4.23. The van der Waals surface area contributed by atoms with Crippen LogP contribution in [0.25, 0.3) is 5.69 Å². The lowest BCUT2D eigenvalue weighted by molar-refractivity contribution is 0.112. The van der Waals surface area contributed by atoms with Crippen LogP contribution >= 0.6 is 11.6 Å². The van der Waals surface area contributed by atoms with E-state index in [1.54, 1.807) is 4.68 Å². The summed E-state index contributed by atoms with van der Waals surface area (Å²) in [6, 6.07) is 7.51. The van der Waals surface area contributed by atoms with Crippen LogP contribution in [-0.4, -0.2) is 16.1 Å². The quantitative estimate of drug-likeness (QED) is 0.604. The largest absolute Gasteiger partial charge is 0.298 e. The average molecular weight is 303 g/mol. The van der Waals surface area contributed by atoms with Crippen molar-refractivity contribution in [2.75, 3.05) is 0 Å². The highest BCUT2D eigenvalue weighted by molar-refractivity contribution is 6.30. The van der Waals surface area contributed by atoms with Gasteiger partial charge in [0.1, 0.15) is 0 Å². The van der Waals surface area contributed by atoms with Gasteiger partial charge in [0.05, 0.1) is 16.9 Å². The Balaban J connectivity index is 1.93. The molecule has 4 heteroatoms. The number of benzene rings is 1. The monoisotopic (exact) mass is 302 g/mol. The van der Waals surface area contributed by atoms with Crippen molar-refractivity contribution in [3.8, 4) is 5.69 Å². The van der Waals surface area contributed by atoms with E-state index in [2.05, 4.69) is 5.10 Å². The van der Waals surface area contributed by atoms with Crippen molar-refractivity contribution in [2.45, 2.75) is 44.4 Å². The van der Waals surface area contributed by atoms with E-state index in [0.717, 1.165) is 36.1 Å². The zero-order valence-electron chi connectivity index (χ0n) is 12.0. The number of nitrogens with zero attached hydrogens (tertiary/aromatic N) is 2. The lowest BCUT2D eigenvalue weighted by Gasteiger charge is -2.11. The molecule has 1 aliphatic rings. The van der Waals surface area contributed by atoms with Crippen molar-refractivity contribution in [3.05, 3.63) is 46.7 Å². The second-order valence-electron chi connectivity index (χ2n) is 5.70. The maximum atomic E-state index is 11.4. The molecule has 110 valence electrons. The van der Waals surface area contributed by atoms with Gasteiger partial charge in [-0.25, -0.2) is 4.68 Å². The molecule has 0 aliphatic heterocycles. The van der Waals surface area contributed by atoms with Gasteiger partial charge < -0.3 is 0 Å². The van der Waals surface area contributed by atoms with Crippen LogP contribution in [0.1, 0.15) is 60.5 Å². The fourth-order valence-electron chi connectivity index (χ4n) is 3.09. The number of aldehydes is 1. The number of rotatable bonds is 3. The molecule has 1 aromatic heterocycles. The van der Waals surface area contributed by atoms with Crippen molar-refractivity contribution in [3.63, 3.8) is 0 Å². The average Bonchev–Trinajstić information content (AvgIpc) is 2.75. The zero-order chi connectivity index (χ0) is 14.7. The lowest BCUT2D eigenvalue weighted by Crippen LogP contribution is -2.02. The van der Waals surface area contributed by atoms with Crippen LogP contribution < -0.4 is 0 Å². The second-order valence-corrected chi connectivity index (χ2v) is 6.13. The van der Waals surface area contributed by atoms with Crippen LogP contribution in [0.3, 0.4) is 0 Å². The molecule has 0 N–H and O–H groups in total. The predicted octanol–water partition coefficient (Wildman–Crippen LogP) is 4.78. The van der Waals surface area contributed by atoms with E-state index in [1.165, 1.54) is 25.7 Å². The van der Waals surface area contributed by atoms with E-state index in [1.807, 2.05) is 30.5 Å². The maximum Gasteiger partial charge on any atom is 0.153 e. The van der Waals surface area contributed by atoms with E-state index in [4.69, 9.17) is 11.6 Å². The molecule has 1 aliphatic carbocycles. The third kappa shape index (κ3) is 3.18. The summed E-state index contributed by atoms with van der Waals surface area (Å²) < 4.78 is 1.79. The Kier molecular flexibility index (Phi) is 4.39. The van der Waals surface area contributed by atoms with Gasteiger partial charge in [0.2, 0.25) is 0 Å². The molecule has 21 heavy (non-hydrogen) atoms. The smallest absolute Gasteiger partial charge is 0.153 e. The first-order valence-electron chi connectivity index (χ1n) is 7.58. The van der Waals surface area contributed by atoms with E-state index in [0.29, 0.717) is 10.9 Å². The van der Waals surface area contributed by atoms with Gasteiger partial charge in [-0.05, 0) is 37.1 Å². The highest BCUT2D eigenvalue weighted by atomic mass is 35.5. The topological polar surface area (TPSA) is 34.9 Å². The summed E-state index contributed by atoms with van der Waals surface area (Å²) in [5.41, 5.74) is 2.61. The Hall–Kier alpha value is -1.61. The molecule has 0 spiro atoms. The standard InChI is InChI=1S/C17H19ClN2O/c18-15-7-9-16(10-8-15)20-11-14(12-21)17(19-20)13-5-3-1-2-4-6-13/h7-13H,1-6H2. The fraction of sp³-hybridized carbons (Fsp3) is 0.412. The van der Waals surface area contributed by atoms with Crippen molar-refractivity contribution in [2.24, 2.45) is 0 Å². The molecule has 0 atom stereocenters. The fourth-order valence-corrected chi connectivity index (χ4v) is 3.21. The van der Waals surface area contributed by atoms with Gasteiger partial charge in [-0.15, -0.1) is 0 Å². The summed E-state index contributed by atoms with van der Waals surface area (Å²) in [7, 11) is 0. The third-order valence-corrected chi connectivity index (χ3v) is 4.48. The summed E-state index contributed by atoms with van der Waals surface area (Å²) >= 11 is 5.92. The Morgan fingerprint density at radius 3 is 2.38 bits per heavy atom. The summed E-state index contributed by atoms with van der Waals surface area (Å²) in [5, 5.41) is 5.39. The minimum absolute atomic E-state index is 0.418. The van der Waals surface area contributed by atoms with Crippen LogP contribution in [-0.2, 0) is 0 Å². The molecule has 0 radical (unpaired) electrons. The van der Waals surface area contributed by atoms with Crippen molar-refractivity contribution in [1.29, 1.82) is 0 Å². The van der Waals surface area contributed by atoms with E-state index >= 15 is 0 Å². The zero-order valence-corrected chi connectivity index (χ0v) is 12.7. The summed E-state index contributed by atoms with van der Waals surface area (Å²) in [6.07, 6.45) is 10.1. The van der Waals surface area contributed by atoms with Gasteiger partial charge in [-0.3, -0.25) is 4.79 Å². The van der Waals surface area contributed by atoms with Gasteiger partial charge in [0.15, 0.2) is 6.29 Å². The van der Waals surface area contributed by atoms with Crippen molar-refractivity contribution < 1.29 is 4.79 Å². The molecule has 0 saturated heterocycles. The Morgan fingerprint density at radius 2 is 1.76 bits per heavy atom. The van der Waals surface area contributed by atoms with Gasteiger partial charge in [0.25, 0.3) is 0 Å². The molecular formula is C17H19ClN2O. The van der Waals surface area contributed by atoms with Crippen LogP contribution in [0.5, 0.6) is 0 Å². The highest BCUT2D eigenvalue weighted by Gasteiger charge is 2.21. The summed E-state index contributed by atoms with van der Waals surface area (Å²) in [5.74, 6) is 0.418. The number of hydrogen-bond acceptors (Lipinski definition) is 2. The van der Waals surface area contributed by atoms with Crippen LogP contribution in [0.15, 0.2) is 30.5 Å². The summed E-state index contributed by atoms with van der Waals surface area (Å²) in [4.78, 5) is 11.4. The first-order chi connectivity index (χ1) is 10.3. The number of hydrogen-bond donors (Lipinski definition) is 0. The SMILES string of the molecule is O=Cc1cn(-c2ccc(Cl)cc2)nc1C1CCCCCC1. The van der Waals surface area contributed by atoms with Crippen molar-refractivity contribution >= 4 is 17.9 Å². The van der Waals surface area contributed by atoms with E-state index in [-0.39, 0.29) is 0 Å². The van der Waals surface area contributed by atoms with Gasteiger partial charge in [0, 0.05) is 17.1 Å². The second kappa shape index (κ2) is 6.44. The van der Waals surface area contributed by atoms with Crippen LogP contribution in [0.4, 0.5) is 0 Å². The lowest BCUT2D eigenvalue weighted by atomic mass is 9.94. The number of carbonyl (C=O) groups is 1.